The van der Waals surface area contributed by atoms with Gasteiger partial charge in [0.05, 0.1) is 5.69 Å². The topological polar surface area (TPSA) is 49.8 Å². The Morgan fingerprint density at radius 3 is 1.94 bits per heavy atom. The maximum atomic E-state index is 4.52. The zero-order chi connectivity index (χ0) is 13.0. The van der Waals surface area contributed by atoms with Crippen molar-refractivity contribution in [3.05, 3.63) is 11.8 Å². The van der Waals surface area contributed by atoms with Crippen molar-refractivity contribution in [2.45, 2.75) is 59.5 Å². The summed E-state index contributed by atoms with van der Waals surface area (Å²) in [6.45, 7) is 12.7. The van der Waals surface area contributed by atoms with Crippen molar-refractivity contribution in [2.75, 3.05) is 10.6 Å². The van der Waals surface area contributed by atoms with E-state index in [-0.39, 0.29) is 0 Å². The van der Waals surface area contributed by atoms with Crippen molar-refractivity contribution >= 4 is 11.8 Å². The van der Waals surface area contributed by atoms with Crippen LogP contribution in [0.1, 0.15) is 53.2 Å². The highest BCUT2D eigenvalue weighted by Crippen LogP contribution is 2.18. The monoisotopic (exact) mass is 236 g/mol. The minimum absolute atomic E-state index is 0.337. The second-order valence-electron chi connectivity index (χ2n) is 5.25. The van der Waals surface area contributed by atoms with Crippen LogP contribution in [-0.2, 0) is 0 Å². The van der Waals surface area contributed by atoms with Gasteiger partial charge in [-0.25, -0.2) is 4.98 Å². The van der Waals surface area contributed by atoms with Crippen LogP contribution < -0.4 is 10.6 Å². The Morgan fingerprint density at radius 2 is 1.47 bits per heavy atom. The van der Waals surface area contributed by atoms with Gasteiger partial charge in [0.15, 0.2) is 0 Å². The number of nitrogens with zero attached hydrogens (tertiary/aromatic N) is 2. The third-order valence-corrected chi connectivity index (χ3v) is 2.19. The highest BCUT2D eigenvalue weighted by atomic mass is 15.2. The van der Waals surface area contributed by atoms with Crippen LogP contribution in [0, 0.1) is 0 Å². The van der Waals surface area contributed by atoms with Crippen LogP contribution in [0.2, 0.25) is 0 Å². The minimum Gasteiger partial charge on any atom is -0.368 e. The first-order valence-electron chi connectivity index (χ1n) is 6.30. The van der Waals surface area contributed by atoms with Crippen LogP contribution in [0.4, 0.5) is 11.8 Å². The molecular weight excluding hydrogens is 212 g/mol. The summed E-state index contributed by atoms with van der Waals surface area (Å²) in [6.07, 6.45) is 0. The lowest BCUT2D eigenvalue weighted by Crippen LogP contribution is -2.17. The molecule has 0 spiro atoms. The lowest BCUT2D eigenvalue weighted by Gasteiger charge is -2.15. The number of aromatic nitrogens is 2. The van der Waals surface area contributed by atoms with Crippen molar-refractivity contribution < 1.29 is 0 Å². The molecule has 0 saturated heterocycles. The van der Waals surface area contributed by atoms with Gasteiger partial charge in [-0.15, -0.1) is 0 Å². The van der Waals surface area contributed by atoms with Gasteiger partial charge in [-0.3, -0.25) is 0 Å². The van der Waals surface area contributed by atoms with Crippen molar-refractivity contribution in [3.63, 3.8) is 0 Å². The molecule has 0 aliphatic rings. The Bertz CT molecular complexity index is 330. The molecule has 17 heavy (non-hydrogen) atoms. The molecule has 4 nitrogen and oxygen atoms in total. The Labute approximate surface area is 104 Å². The summed E-state index contributed by atoms with van der Waals surface area (Å²) < 4.78 is 0. The molecule has 0 aromatic carbocycles. The van der Waals surface area contributed by atoms with Gasteiger partial charge in [0.2, 0.25) is 5.95 Å². The molecule has 0 atom stereocenters. The number of anilines is 2. The van der Waals surface area contributed by atoms with E-state index in [4.69, 9.17) is 0 Å². The molecule has 0 saturated carbocycles. The summed E-state index contributed by atoms with van der Waals surface area (Å²) in [6, 6.07) is 2.73. The molecule has 0 aliphatic carbocycles. The first-order valence-corrected chi connectivity index (χ1v) is 6.30. The van der Waals surface area contributed by atoms with E-state index in [0.717, 1.165) is 11.5 Å². The summed E-state index contributed by atoms with van der Waals surface area (Å²) in [5, 5.41) is 6.57. The predicted octanol–water partition coefficient (Wildman–Crippen LogP) is 3.24. The molecule has 0 radical (unpaired) electrons. The lowest BCUT2D eigenvalue weighted by molar-refractivity contribution is 0.797. The molecule has 1 heterocycles. The highest BCUT2D eigenvalue weighted by Gasteiger charge is 2.09. The van der Waals surface area contributed by atoms with Crippen molar-refractivity contribution in [1.82, 2.24) is 9.97 Å². The molecule has 2 N–H and O–H groups in total. The van der Waals surface area contributed by atoms with Gasteiger partial charge in [-0.1, -0.05) is 13.8 Å². The predicted molar refractivity (Wildman–Crippen MR) is 73.6 cm³/mol. The van der Waals surface area contributed by atoms with Crippen LogP contribution >= 0.6 is 0 Å². The number of nitrogens with one attached hydrogen (secondary N) is 2. The Kier molecular flexibility index (Phi) is 4.73. The van der Waals surface area contributed by atoms with Crippen molar-refractivity contribution in [1.29, 1.82) is 0 Å². The van der Waals surface area contributed by atoms with Gasteiger partial charge in [0.1, 0.15) is 5.82 Å². The van der Waals surface area contributed by atoms with E-state index < -0.39 is 0 Å². The van der Waals surface area contributed by atoms with E-state index in [2.05, 4.69) is 62.1 Å². The van der Waals surface area contributed by atoms with Gasteiger partial charge in [-0.05, 0) is 33.6 Å². The molecule has 96 valence electrons. The average Bonchev–Trinajstić information content (AvgIpc) is 2.14. The quantitative estimate of drug-likeness (QED) is 0.824. The average molecular weight is 236 g/mol. The van der Waals surface area contributed by atoms with Crippen LogP contribution in [0.25, 0.3) is 0 Å². The molecule has 0 unspecified atom stereocenters. The molecular formula is C13H24N4. The van der Waals surface area contributed by atoms with Crippen LogP contribution in [0.15, 0.2) is 6.07 Å². The van der Waals surface area contributed by atoms with Gasteiger partial charge in [0.25, 0.3) is 0 Å². The number of rotatable bonds is 5. The first-order chi connectivity index (χ1) is 7.88. The molecule has 0 amide bonds. The van der Waals surface area contributed by atoms with E-state index in [1.807, 2.05) is 6.07 Å². The summed E-state index contributed by atoms with van der Waals surface area (Å²) in [5.74, 6) is 2.00. The molecule has 1 aromatic rings. The second-order valence-corrected chi connectivity index (χ2v) is 5.25. The highest BCUT2D eigenvalue weighted by molar-refractivity contribution is 5.43. The van der Waals surface area contributed by atoms with Gasteiger partial charge in [-0.2, -0.15) is 4.98 Å². The fourth-order valence-corrected chi connectivity index (χ4v) is 1.45. The van der Waals surface area contributed by atoms with Crippen LogP contribution in [0.3, 0.4) is 0 Å². The summed E-state index contributed by atoms with van der Waals surface area (Å²) in [7, 11) is 0. The van der Waals surface area contributed by atoms with E-state index >= 15 is 0 Å². The molecule has 1 aromatic heterocycles. The maximum Gasteiger partial charge on any atom is 0.225 e. The van der Waals surface area contributed by atoms with Gasteiger partial charge in [0, 0.05) is 18.2 Å². The fraction of sp³-hybridized carbons (Fsp3) is 0.692. The zero-order valence-corrected chi connectivity index (χ0v) is 11.7. The number of hydrogen-bond acceptors (Lipinski definition) is 4. The third-order valence-electron chi connectivity index (χ3n) is 2.19. The normalized spacial score (nSPS) is 11.4. The Hall–Kier alpha value is -1.32. The van der Waals surface area contributed by atoms with E-state index in [1.54, 1.807) is 0 Å². The Morgan fingerprint density at radius 1 is 0.882 bits per heavy atom. The van der Waals surface area contributed by atoms with E-state index in [9.17, 15) is 0 Å². The van der Waals surface area contributed by atoms with Crippen LogP contribution in [0.5, 0.6) is 0 Å². The Balaban J connectivity index is 3.00. The molecule has 0 bridgehead atoms. The maximum absolute atomic E-state index is 4.52. The molecule has 0 aliphatic heterocycles. The summed E-state index contributed by atoms with van der Waals surface area (Å²) in [4.78, 5) is 8.98. The van der Waals surface area contributed by atoms with Gasteiger partial charge < -0.3 is 10.6 Å². The molecule has 0 fully saturated rings. The fourth-order valence-electron chi connectivity index (χ4n) is 1.45. The third kappa shape index (κ3) is 4.59. The smallest absolute Gasteiger partial charge is 0.225 e. The van der Waals surface area contributed by atoms with E-state index in [0.29, 0.717) is 23.9 Å². The SMILES string of the molecule is CC(C)Nc1cc(C(C)C)nc(NC(C)C)n1. The number of hydrogen-bond donors (Lipinski definition) is 2. The van der Waals surface area contributed by atoms with Crippen molar-refractivity contribution in [2.24, 2.45) is 0 Å². The summed E-state index contributed by atoms with van der Waals surface area (Å²) >= 11 is 0. The minimum atomic E-state index is 0.337. The zero-order valence-electron chi connectivity index (χ0n) is 11.7. The molecule has 4 heteroatoms. The largest absolute Gasteiger partial charge is 0.368 e. The van der Waals surface area contributed by atoms with Crippen molar-refractivity contribution in [3.8, 4) is 0 Å². The summed E-state index contributed by atoms with van der Waals surface area (Å²) in [5.41, 5.74) is 1.06. The second kappa shape index (κ2) is 5.84. The van der Waals surface area contributed by atoms with Gasteiger partial charge >= 0.3 is 0 Å². The lowest BCUT2D eigenvalue weighted by atomic mass is 10.1. The standard InChI is InChI=1S/C13H24N4/c1-8(2)11-7-12(14-9(3)4)17-13(16-11)15-10(5)6/h7-10H,1-6H3,(H2,14,15,16,17). The molecule has 1 rings (SSSR count). The first kappa shape index (κ1) is 13.7. The van der Waals surface area contributed by atoms with E-state index in [1.165, 1.54) is 0 Å². The van der Waals surface area contributed by atoms with Crippen LogP contribution in [-0.4, -0.2) is 22.1 Å².